The highest BCUT2D eigenvalue weighted by atomic mass is 16.5. The molecule has 8 nitrogen and oxygen atoms in total. The summed E-state index contributed by atoms with van der Waals surface area (Å²) in [6.45, 7) is 19.3. The van der Waals surface area contributed by atoms with E-state index in [0.29, 0.717) is 25.7 Å². The normalized spacial score (nSPS) is 27.7. The monoisotopic (exact) mass is 594 g/mol. The van der Waals surface area contributed by atoms with E-state index >= 15 is 0 Å². The van der Waals surface area contributed by atoms with Crippen LogP contribution in [0.25, 0.3) is 0 Å². The summed E-state index contributed by atoms with van der Waals surface area (Å²) in [4.78, 5) is 55.8. The lowest BCUT2D eigenvalue weighted by molar-refractivity contribution is -0.188. The summed E-state index contributed by atoms with van der Waals surface area (Å²) < 4.78 is 5.81. The Balaban J connectivity index is 4.68. The largest absolute Gasteiger partial charge is 0.481 e. The van der Waals surface area contributed by atoms with Gasteiger partial charge in [-0.2, -0.15) is 0 Å². The number of hydrogen-bond acceptors (Lipinski definition) is 5. The number of esters is 1. The SMILES string of the molecule is CCC(C)COC(=O)C1=C(C(=O)O)C(CC(C)CC)(C(=O)O)C(CC(C)CC)(C(=O)O)C1(CC(C)CC)CC(C)CC. The van der Waals surface area contributed by atoms with E-state index in [9.17, 15) is 34.5 Å². The molecule has 0 aromatic heterocycles. The van der Waals surface area contributed by atoms with Crippen LogP contribution < -0.4 is 0 Å². The maximum absolute atomic E-state index is 14.3. The van der Waals surface area contributed by atoms with Gasteiger partial charge in [-0.05, 0) is 55.3 Å². The molecule has 0 heterocycles. The molecule has 0 saturated carbocycles. The summed E-state index contributed by atoms with van der Waals surface area (Å²) in [5.41, 5.74) is -6.80. The zero-order valence-corrected chi connectivity index (χ0v) is 27.8. The molecule has 1 aliphatic rings. The molecule has 0 aromatic rings. The number of carboxylic acids is 3. The Morgan fingerprint density at radius 2 is 1.00 bits per heavy atom. The third kappa shape index (κ3) is 6.72. The number of carboxylic acid groups (broad SMARTS) is 3. The third-order valence-corrected chi connectivity index (χ3v) is 10.5. The average Bonchev–Trinajstić information content (AvgIpc) is 3.14. The molecule has 0 radical (unpaired) electrons. The lowest BCUT2D eigenvalue weighted by atomic mass is 9.45. The Morgan fingerprint density at radius 1 is 0.595 bits per heavy atom. The van der Waals surface area contributed by atoms with Crippen LogP contribution in [0, 0.1) is 45.8 Å². The van der Waals surface area contributed by atoms with Crippen molar-refractivity contribution in [3.63, 3.8) is 0 Å². The lowest BCUT2D eigenvalue weighted by Gasteiger charge is -2.54. The van der Waals surface area contributed by atoms with E-state index in [1.807, 2.05) is 69.2 Å². The van der Waals surface area contributed by atoms with Gasteiger partial charge in [-0.15, -0.1) is 0 Å². The number of rotatable bonds is 19. The lowest BCUT2D eigenvalue weighted by Crippen LogP contribution is -2.61. The highest BCUT2D eigenvalue weighted by Gasteiger charge is 2.79. The fraction of sp³-hybridized carbons (Fsp3) is 0.824. The molecule has 1 rings (SSSR count). The first-order chi connectivity index (χ1) is 19.5. The molecule has 7 atom stereocenters. The molecule has 0 fully saturated rings. The summed E-state index contributed by atoms with van der Waals surface area (Å²) in [5, 5.41) is 33.7. The van der Waals surface area contributed by atoms with Crippen molar-refractivity contribution in [3.05, 3.63) is 11.1 Å². The van der Waals surface area contributed by atoms with Crippen LogP contribution in [-0.4, -0.2) is 45.8 Å². The second-order valence-electron chi connectivity index (χ2n) is 13.5. The van der Waals surface area contributed by atoms with E-state index < -0.39 is 45.7 Å². The summed E-state index contributed by atoms with van der Waals surface area (Å²) in [6.07, 6.45) is 3.23. The minimum absolute atomic E-state index is 0.00329. The van der Waals surface area contributed by atoms with Gasteiger partial charge in [0.2, 0.25) is 0 Å². The maximum atomic E-state index is 14.3. The molecule has 242 valence electrons. The number of carbonyl (C=O) groups excluding carboxylic acids is 1. The molecule has 0 aliphatic heterocycles. The van der Waals surface area contributed by atoms with Gasteiger partial charge in [-0.25, -0.2) is 9.59 Å². The fourth-order valence-corrected chi connectivity index (χ4v) is 7.23. The molecule has 0 saturated heterocycles. The van der Waals surface area contributed by atoms with Crippen LogP contribution in [0.2, 0.25) is 0 Å². The zero-order valence-electron chi connectivity index (χ0n) is 27.8. The van der Waals surface area contributed by atoms with Crippen LogP contribution in [-0.2, 0) is 23.9 Å². The van der Waals surface area contributed by atoms with Gasteiger partial charge in [-0.3, -0.25) is 9.59 Å². The van der Waals surface area contributed by atoms with Crippen LogP contribution in [0.5, 0.6) is 0 Å². The summed E-state index contributed by atoms with van der Waals surface area (Å²) in [6, 6.07) is 0. The van der Waals surface area contributed by atoms with Crippen molar-refractivity contribution in [2.75, 3.05) is 6.61 Å². The fourth-order valence-electron chi connectivity index (χ4n) is 7.23. The van der Waals surface area contributed by atoms with Crippen molar-refractivity contribution < 1.29 is 39.2 Å². The second kappa shape index (κ2) is 15.4. The first kappa shape index (κ1) is 37.6. The van der Waals surface area contributed by atoms with Crippen LogP contribution in [0.4, 0.5) is 0 Å². The van der Waals surface area contributed by atoms with Crippen molar-refractivity contribution >= 4 is 23.9 Å². The van der Waals surface area contributed by atoms with E-state index in [4.69, 9.17) is 4.74 Å². The number of aliphatic carboxylic acids is 3. The summed E-state index contributed by atoms with van der Waals surface area (Å²) >= 11 is 0. The molecular weight excluding hydrogens is 536 g/mol. The minimum Gasteiger partial charge on any atom is -0.481 e. The Bertz CT molecular complexity index is 988. The maximum Gasteiger partial charge on any atom is 0.335 e. The van der Waals surface area contributed by atoms with Crippen LogP contribution in [0.3, 0.4) is 0 Å². The summed E-state index contributed by atoms with van der Waals surface area (Å²) in [5.74, 6) is -6.05. The van der Waals surface area contributed by atoms with Crippen molar-refractivity contribution in [3.8, 4) is 0 Å². The standard InChI is InChI=1S/C34H58O8/c1-11-21(6)16-32(17-22(7)12-2)27(29(37)42-20-25(10)15-5)26(28(35)36)33(30(38)39,18-23(8)13-3)34(32,31(40)41)19-24(9)14-4/h21-25H,11-20H2,1-10H3,(H,35,36)(H,38,39)(H,40,41). The first-order valence-electron chi connectivity index (χ1n) is 16.1. The molecule has 7 unspecified atom stereocenters. The van der Waals surface area contributed by atoms with Crippen molar-refractivity contribution in [2.45, 2.75) is 127 Å². The number of ether oxygens (including phenoxy) is 1. The first-order valence-corrected chi connectivity index (χ1v) is 16.1. The van der Waals surface area contributed by atoms with Crippen LogP contribution in [0.1, 0.15) is 127 Å². The highest BCUT2D eigenvalue weighted by molar-refractivity contribution is 6.11. The van der Waals surface area contributed by atoms with Gasteiger partial charge in [0.05, 0.1) is 23.2 Å². The van der Waals surface area contributed by atoms with Crippen molar-refractivity contribution in [1.82, 2.24) is 0 Å². The molecule has 8 heteroatoms. The van der Waals surface area contributed by atoms with E-state index in [2.05, 4.69) is 0 Å². The molecule has 0 amide bonds. The van der Waals surface area contributed by atoms with Crippen molar-refractivity contribution in [2.24, 2.45) is 45.8 Å². The van der Waals surface area contributed by atoms with E-state index in [-0.39, 0.29) is 67.5 Å². The Kier molecular flexibility index (Phi) is 13.8. The van der Waals surface area contributed by atoms with E-state index in [1.165, 1.54) is 0 Å². The molecule has 0 spiro atoms. The topological polar surface area (TPSA) is 138 Å². The van der Waals surface area contributed by atoms with Gasteiger partial charge in [0.1, 0.15) is 5.41 Å². The second-order valence-corrected chi connectivity index (χ2v) is 13.5. The minimum atomic E-state index is -2.34. The smallest absolute Gasteiger partial charge is 0.335 e. The predicted molar refractivity (Wildman–Crippen MR) is 164 cm³/mol. The molecule has 0 bridgehead atoms. The number of hydrogen-bond donors (Lipinski definition) is 3. The molecule has 1 aliphatic carbocycles. The van der Waals surface area contributed by atoms with E-state index in [0.717, 1.165) is 6.42 Å². The molecular formula is C34H58O8. The van der Waals surface area contributed by atoms with Crippen LogP contribution in [0.15, 0.2) is 11.1 Å². The Labute approximate surface area is 253 Å². The summed E-state index contributed by atoms with van der Waals surface area (Å²) in [7, 11) is 0. The predicted octanol–water partition coefficient (Wildman–Crippen LogP) is 7.84. The Morgan fingerprint density at radius 3 is 1.36 bits per heavy atom. The van der Waals surface area contributed by atoms with Gasteiger partial charge >= 0.3 is 23.9 Å². The molecule has 3 N–H and O–H groups in total. The molecule has 42 heavy (non-hydrogen) atoms. The highest BCUT2D eigenvalue weighted by Crippen LogP contribution is 2.74. The van der Waals surface area contributed by atoms with Gasteiger partial charge in [0.15, 0.2) is 0 Å². The average molecular weight is 595 g/mol. The molecule has 0 aromatic carbocycles. The van der Waals surface area contributed by atoms with Gasteiger partial charge in [0, 0.05) is 5.41 Å². The third-order valence-electron chi connectivity index (χ3n) is 10.5. The quantitative estimate of drug-likeness (QED) is 0.129. The van der Waals surface area contributed by atoms with Crippen molar-refractivity contribution in [1.29, 1.82) is 0 Å². The zero-order chi connectivity index (χ0) is 32.6. The van der Waals surface area contributed by atoms with Gasteiger partial charge in [-0.1, -0.05) is 101 Å². The van der Waals surface area contributed by atoms with Crippen LogP contribution >= 0.6 is 0 Å². The van der Waals surface area contributed by atoms with Gasteiger partial charge < -0.3 is 20.1 Å². The Hall–Kier alpha value is -2.38. The van der Waals surface area contributed by atoms with Gasteiger partial charge in [0.25, 0.3) is 0 Å². The van der Waals surface area contributed by atoms with E-state index in [1.54, 1.807) is 0 Å². The number of carbonyl (C=O) groups is 4.